The topological polar surface area (TPSA) is 38.3 Å². The molecule has 2 aromatic rings. The summed E-state index contributed by atoms with van der Waals surface area (Å²) in [5.74, 6) is 0.849. The maximum Gasteiger partial charge on any atom is 0.262 e. The van der Waals surface area contributed by atoms with Crippen molar-refractivity contribution in [1.82, 2.24) is 0 Å². The van der Waals surface area contributed by atoms with Crippen molar-refractivity contribution in [3.8, 4) is 5.75 Å². The molecule has 0 fully saturated rings. The maximum absolute atomic E-state index is 12.1. The average molecular weight is 362 g/mol. The minimum atomic E-state index is -0.166. The molecule has 0 atom stereocenters. The van der Waals surface area contributed by atoms with Crippen LogP contribution in [0.4, 0.5) is 5.69 Å². The molecule has 4 heteroatoms. The molecule has 2 aromatic carbocycles. The zero-order valence-electron chi connectivity index (χ0n) is 13.0. The Labute approximate surface area is 139 Å². The Morgan fingerprint density at radius 1 is 1.23 bits per heavy atom. The van der Waals surface area contributed by atoms with E-state index in [0.29, 0.717) is 11.7 Å². The predicted octanol–water partition coefficient (Wildman–Crippen LogP) is 4.90. The zero-order valence-corrected chi connectivity index (χ0v) is 14.6. The number of rotatable bonds is 5. The zero-order chi connectivity index (χ0) is 16.1. The fourth-order valence-corrected chi connectivity index (χ4v) is 2.77. The van der Waals surface area contributed by atoms with Gasteiger partial charge >= 0.3 is 0 Å². The number of hydrogen-bond acceptors (Lipinski definition) is 2. The highest BCUT2D eigenvalue weighted by Crippen LogP contribution is 2.26. The van der Waals surface area contributed by atoms with Gasteiger partial charge in [-0.3, -0.25) is 4.79 Å². The van der Waals surface area contributed by atoms with Crippen LogP contribution in [0.1, 0.15) is 30.9 Å². The molecule has 0 aliphatic heterocycles. The first-order valence-electron chi connectivity index (χ1n) is 7.25. The molecule has 3 nitrogen and oxygen atoms in total. The van der Waals surface area contributed by atoms with E-state index in [2.05, 4.69) is 35.1 Å². The first-order valence-corrected chi connectivity index (χ1v) is 8.04. The molecular weight excluding hydrogens is 342 g/mol. The number of benzene rings is 2. The summed E-state index contributed by atoms with van der Waals surface area (Å²) in [4.78, 5) is 12.1. The van der Waals surface area contributed by atoms with Crippen molar-refractivity contribution >= 4 is 27.5 Å². The van der Waals surface area contributed by atoms with E-state index in [1.54, 1.807) is 0 Å². The van der Waals surface area contributed by atoms with E-state index in [4.69, 9.17) is 4.74 Å². The molecule has 1 amide bonds. The summed E-state index contributed by atoms with van der Waals surface area (Å²) in [5.41, 5.74) is 3.09. The van der Waals surface area contributed by atoms with Gasteiger partial charge in [0.05, 0.1) is 4.47 Å². The van der Waals surface area contributed by atoms with Gasteiger partial charge in [0.2, 0.25) is 0 Å². The summed E-state index contributed by atoms with van der Waals surface area (Å²) < 4.78 is 6.42. The molecular formula is C18H20BrNO2. The molecule has 0 saturated heterocycles. The van der Waals surface area contributed by atoms with Gasteiger partial charge in [-0.05, 0) is 58.1 Å². The Balaban J connectivity index is 1.99. The molecule has 22 heavy (non-hydrogen) atoms. The molecule has 0 unspecified atom stereocenters. The Hall–Kier alpha value is -1.81. The summed E-state index contributed by atoms with van der Waals surface area (Å²) >= 11 is 3.44. The first-order chi connectivity index (χ1) is 10.5. The van der Waals surface area contributed by atoms with Crippen LogP contribution in [-0.4, -0.2) is 12.5 Å². The van der Waals surface area contributed by atoms with Crippen LogP contribution in [0.3, 0.4) is 0 Å². The minimum absolute atomic E-state index is 0.0198. The Morgan fingerprint density at radius 2 is 1.95 bits per heavy atom. The summed E-state index contributed by atoms with van der Waals surface area (Å²) in [5, 5.41) is 2.91. The number of aryl methyl sites for hydroxylation is 1. The van der Waals surface area contributed by atoms with Crippen LogP contribution in [0.5, 0.6) is 5.75 Å². The van der Waals surface area contributed by atoms with Gasteiger partial charge in [-0.15, -0.1) is 0 Å². The SMILES string of the molecule is Cc1ccc(OCC(=O)Nc2ccccc2C(C)C)c(Br)c1. The smallest absolute Gasteiger partial charge is 0.262 e. The van der Waals surface area contributed by atoms with Crippen molar-refractivity contribution in [3.63, 3.8) is 0 Å². The molecule has 1 N–H and O–H groups in total. The predicted molar refractivity (Wildman–Crippen MR) is 93.5 cm³/mol. The first kappa shape index (κ1) is 16.6. The third-order valence-electron chi connectivity index (χ3n) is 3.30. The average Bonchev–Trinajstić information content (AvgIpc) is 2.46. The molecule has 0 aliphatic rings. The van der Waals surface area contributed by atoms with Crippen molar-refractivity contribution in [2.24, 2.45) is 0 Å². The van der Waals surface area contributed by atoms with E-state index >= 15 is 0 Å². The van der Waals surface area contributed by atoms with E-state index in [1.807, 2.05) is 49.4 Å². The highest BCUT2D eigenvalue weighted by Gasteiger charge is 2.10. The van der Waals surface area contributed by atoms with Gasteiger partial charge < -0.3 is 10.1 Å². The number of halogens is 1. The number of para-hydroxylation sites is 1. The molecule has 116 valence electrons. The molecule has 2 rings (SSSR count). The molecule has 0 bridgehead atoms. The third kappa shape index (κ3) is 4.34. The Kier molecular flexibility index (Phi) is 5.61. The van der Waals surface area contributed by atoms with Gasteiger partial charge in [-0.1, -0.05) is 38.1 Å². The van der Waals surface area contributed by atoms with E-state index < -0.39 is 0 Å². The van der Waals surface area contributed by atoms with Crippen LogP contribution in [0.2, 0.25) is 0 Å². The quantitative estimate of drug-likeness (QED) is 0.822. The van der Waals surface area contributed by atoms with Crippen molar-refractivity contribution < 1.29 is 9.53 Å². The van der Waals surface area contributed by atoms with Crippen molar-refractivity contribution in [2.45, 2.75) is 26.7 Å². The minimum Gasteiger partial charge on any atom is -0.483 e. The van der Waals surface area contributed by atoms with Crippen LogP contribution in [-0.2, 0) is 4.79 Å². The largest absolute Gasteiger partial charge is 0.483 e. The van der Waals surface area contributed by atoms with E-state index in [1.165, 1.54) is 0 Å². The lowest BCUT2D eigenvalue weighted by atomic mass is 10.0. The summed E-state index contributed by atoms with van der Waals surface area (Å²) in [6, 6.07) is 13.6. The molecule has 0 heterocycles. The van der Waals surface area contributed by atoms with Gasteiger partial charge in [0.1, 0.15) is 5.75 Å². The molecule has 0 spiro atoms. The molecule has 0 aliphatic carbocycles. The van der Waals surface area contributed by atoms with Gasteiger partial charge in [-0.25, -0.2) is 0 Å². The second kappa shape index (κ2) is 7.45. The van der Waals surface area contributed by atoms with E-state index in [9.17, 15) is 4.79 Å². The number of hydrogen-bond donors (Lipinski definition) is 1. The van der Waals surface area contributed by atoms with Crippen molar-refractivity contribution in [3.05, 3.63) is 58.1 Å². The fourth-order valence-electron chi connectivity index (χ4n) is 2.17. The summed E-state index contributed by atoms with van der Waals surface area (Å²) in [6.45, 7) is 6.19. The number of carbonyl (C=O) groups is 1. The number of carbonyl (C=O) groups excluding carboxylic acids is 1. The normalized spacial score (nSPS) is 10.6. The van der Waals surface area contributed by atoms with Crippen LogP contribution in [0.15, 0.2) is 46.9 Å². The van der Waals surface area contributed by atoms with Crippen LogP contribution >= 0.6 is 15.9 Å². The second-order valence-electron chi connectivity index (χ2n) is 5.51. The lowest BCUT2D eigenvalue weighted by molar-refractivity contribution is -0.118. The number of amides is 1. The molecule has 0 saturated carbocycles. The molecule has 0 radical (unpaired) electrons. The van der Waals surface area contributed by atoms with Crippen LogP contribution in [0, 0.1) is 6.92 Å². The van der Waals surface area contributed by atoms with Crippen LogP contribution < -0.4 is 10.1 Å². The number of ether oxygens (including phenoxy) is 1. The number of nitrogens with one attached hydrogen (secondary N) is 1. The highest BCUT2D eigenvalue weighted by atomic mass is 79.9. The maximum atomic E-state index is 12.1. The lowest BCUT2D eigenvalue weighted by Gasteiger charge is -2.14. The Morgan fingerprint density at radius 3 is 2.64 bits per heavy atom. The highest BCUT2D eigenvalue weighted by molar-refractivity contribution is 9.10. The van der Waals surface area contributed by atoms with Crippen molar-refractivity contribution in [2.75, 3.05) is 11.9 Å². The third-order valence-corrected chi connectivity index (χ3v) is 3.92. The number of anilines is 1. The summed E-state index contributed by atoms with van der Waals surface area (Å²) in [7, 11) is 0. The fraction of sp³-hybridized carbons (Fsp3) is 0.278. The van der Waals surface area contributed by atoms with Gasteiger partial charge in [0.15, 0.2) is 6.61 Å². The monoisotopic (exact) mass is 361 g/mol. The van der Waals surface area contributed by atoms with E-state index in [0.717, 1.165) is 21.3 Å². The van der Waals surface area contributed by atoms with Gasteiger partial charge in [-0.2, -0.15) is 0 Å². The molecule has 0 aromatic heterocycles. The van der Waals surface area contributed by atoms with Crippen molar-refractivity contribution in [1.29, 1.82) is 0 Å². The van der Waals surface area contributed by atoms with Crippen LogP contribution in [0.25, 0.3) is 0 Å². The van der Waals surface area contributed by atoms with Gasteiger partial charge in [0.25, 0.3) is 5.91 Å². The second-order valence-corrected chi connectivity index (χ2v) is 6.37. The summed E-state index contributed by atoms with van der Waals surface area (Å²) in [6.07, 6.45) is 0. The standard InChI is InChI=1S/C18H20BrNO2/c1-12(2)14-6-4-5-7-16(14)20-18(21)11-22-17-9-8-13(3)10-15(17)19/h4-10,12H,11H2,1-3H3,(H,20,21). The Bertz CT molecular complexity index is 668. The van der Waals surface area contributed by atoms with E-state index in [-0.39, 0.29) is 12.5 Å². The van der Waals surface area contributed by atoms with Gasteiger partial charge in [0, 0.05) is 5.69 Å². The lowest BCUT2D eigenvalue weighted by Crippen LogP contribution is -2.21.